The molecule has 0 aromatic rings. The molecule has 2 aliphatic rings. The van der Waals surface area contributed by atoms with Gasteiger partial charge in [-0.15, -0.1) is 0 Å². The zero-order valence-corrected chi connectivity index (χ0v) is 10.2. The summed E-state index contributed by atoms with van der Waals surface area (Å²) in [6.07, 6.45) is 7.57. The minimum atomic E-state index is -0.857. The van der Waals surface area contributed by atoms with E-state index in [0.29, 0.717) is 5.92 Å². The summed E-state index contributed by atoms with van der Waals surface area (Å²) in [5.41, 5.74) is 0. The highest BCUT2D eigenvalue weighted by Gasteiger charge is 2.47. The lowest BCUT2D eigenvalue weighted by atomic mass is 9.85. The van der Waals surface area contributed by atoms with E-state index in [1.165, 1.54) is 32.1 Å². The standard InChI is InChI=1S/C13H21NO3/c15-12(16)6-7-14-13(17)11-8-10(11)9-4-2-1-3-5-9/h9-11H,1-8H2,(H,14,17)(H,15,16). The van der Waals surface area contributed by atoms with Crippen LogP contribution in [0, 0.1) is 17.8 Å². The first kappa shape index (κ1) is 12.4. The molecule has 2 saturated carbocycles. The first-order chi connectivity index (χ1) is 8.18. The first-order valence-corrected chi connectivity index (χ1v) is 6.68. The average molecular weight is 239 g/mol. The Balaban J connectivity index is 1.66. The number of carbonyl (C=O) groups excluding carboxylic acids is 1. The van der Waals surface area contributed by atoms with E-state index in [9.17, 15) is 9.59 Å². The van der Waals surface area contributed by atoms with Crippen molar-refractivity contribution >= 4 is 11.9 Å². The van der Waals surface area contributed by atoms with Gasteiger partial charge in [0.25, 0.3) is 0 Å². The maximum atomic E-state index is 11.7. The molecule has 2 unspecified atom stereocenters. The quantitative estimate of drug-likeness (QED) is 0.768. The van der Waals surface area contributed by atoms with E-state index in [2.05, 4.69) is 5.32 Å². The van der Waals surface area contributed by atoms with Crippen LogP contribution in [0.25, 0.3) is 0 Å². The van der Waals surface area contributed by atoms with Gasteiger partial charge in [-0.2, -0.15) is 0 Å². The zero-order valence-electron chi connectivity index (χ0n) is 10.2. The lowest BCUT2D eigenvalue weighted by Gasteiger charge is -2.21. The van der Waals surface area contributed by atoms with E-state index in [4.69, 9.17) is 5.11 Å². The van der Waals surface area contributed by atoms with E-state index in [1.54, 1.807) is 0 Å². The van der Waals surface area contributed by atoms with Crippen LogP contribution in [-0.4, -0.2) is 23.5 Å². The molecule has 0 spiro atoms. The smallest absolute Gasteiger partial charge is 0.305 e. The zero-order chi connectivity index (χ0) is 12.3. The second-order valence-corrected chi connectivity index (χ2v) is 5.34. The summed E-state index contributed by atoms with van der Waals surface area (Å²) in [6, 6.07) is 0. The maximum Gasteiger partial charge on any atom is 0.305 e. The van der Waals surface area contributed by atoms with Gasteiger partial charge >= 0.3 is 5.97 Å². The summed E-state index contributed by atoms with van der Waals surface area (Å²) in [6.45, 7) is 0.266. The summed E-state index contributed by atoms with van der Waals surface area (Å²) >= 11 is 0. The minimum absolute atomic E-state index is 0.0204. The molecule has 0 aromatic heterocycles. The van der Waals surface area contributed by atoms with Crippen molar-refractivity contribution < 1.29 is 14.7 Å². The molecule has 0 heterocycles. The SMILES string of the molecule is O=C(O)CCNC(=O)C1CC1C1CCCCC1. The van der Waals surface area contributed by atoms with Crippen LogP contribution in [0.1, 0.15) is 44.9 Å². The first-order valence-electron chi connectivity index (χ1n) is 6.68. The third-order valence-corrected chi connectivity index (χ3v) is 4.07. The Kier molecular flexibility index (Phi) is 4.02. The molecule has 17 heavy (non-hydrogen) atoms. The number of carboxylic acids is 1. The topological polar surface area (TPSA) is 66.4 Å². The second kappa shape index (κ2) is 5.52. The Labute approximate surface area is 102 Å². The van der Waals surface area contributed by atoms with E-state index in [0.717, 1.165) is 12.3 Å². The molecule has 0 radical (unpaired) electrons. The van der Waals surface area contributed by atoms with Crippen molar-refractivity contribution in [3.63, 3.8) is 0 Å². The van der Waals surface area contributed by atoms with Crippen molar-refractivity contribution in [2.45, 2.75) is 44.9 Å². The molecule has 4 heteroatoms. The van der Waals surface area contributed by atoms with Crippen LogP contribution in [0.15, 0.2) is 0 Å². The molecular weight excluding hydrogens is 218 g/mol. The van der Waals surface area contributed by atoms with Gasteiger partial charge in [0.05, 0.1) is 6.42 Å². The van der Waals surface area contributed by atoms with Crippen LogP contribution in [-0.2, 0) is 9.59 Å². The van der Waals surface area contributed by atoms with E-state index in [1.807, 2.05) is 0 Å². The van der Waals surface area contributed by atoms with E-state index in [-0.39, 0.29) is 24.8 Å². The average Bonchev–Trinajstić information content (AvgIpc) is 3.09. The van der Waals surface area contributed by atoms with Gasteiger partial charge in [0.15, 0.2) is 0 Å². The van der Waals surface area contributed by atoms with Crippen molar-refractivity contribution in [1.82, 2.24) is 5.32 Å². The largest absolute Gasteiger partial charge is 0.481 e. The molecule has 2 rings (SSSR count). The number of rotatable bonds is 5. The van der Waals surface area contributed by atoms with Gasteiger partial charge in [-0.25, -0.2) is 0 Å². The van der Waals surface area contributed by atoms with Crippen molar-refractivity contribution in [1.29, 1.82) is 0 Å². The van der Waals surface area contributed by atoms with Gasteiger partial charge in [0.1, 0.15) is 0 Å². The molecule has 2 N–H and O–H groups in total. The van der Waals surface area contributed by atoms with Crippen LogP contribution >= 0.6 is 0 Å². The van der Waals surface area contributed by atoms with E-state index >= 15 is 0 Å². The summed E-state index contributed by atoms with van der Waals surface area (Å²) < 4.78 is 0. The van der Waals surface area contributed by atoms with Crippen LogP contribution in [0.5, 0.6) is 0 Å². The predicted octanol–water partition coefficient (Wildman–Crippen LogP) is 1.79. The van der Waals surface area contributed by atoms with Crippen LogP contribution < -0.4 is 5.32 Å². The highest BCUT2D eigenvalue weighted by Crippen LogP contribution is 2.49. The van der Waals surface area contributed by atoms with Gasteiger partial charge in [0, 0.05) is 12.5 Å². The van der Waals surface area contributed by atoms with Gasteiger partial charge in [-0.3, -0.25) is 9.59 Å². The minimum Gasteiger partial charge on any atom is -0.481 e. The Morgan fingerprint density at radius 3 is 2.53 bits per heavy atom. The van der Waals surface area contributed by atoms with Gasteiger partial charge in [-0.1, -0.05) is 32.1 Å². The lowest BCUT2D eigenvalue weighted by Crippen LogP contribution is -2.28. The number of hydrogen-bond acceptors (Lipinski definition) is 2. The molecule has 2 atom stereocenters. The Bertz CT molecular complexity index is 297. The van der Waals surface area contributed by atoms with E-state index < -0.39 is 5.97 Å². The van der Waals surface area contributed by atoms with Crippen LogP contribution in [0.3, 0.4) is 0 Å². The van der Waals surface area contributed by atoms with Crippen LogP contribution in [0.4, 0.5) is 0 Å². The van der Waals surface area contributed by atoms with Gasteiger partial charge in [-0.05, 0) is 18.3 Å². The molecule has 0 bridgehead atoms. The number of nitrogens with one attached hydrogen (secondary N) is 1. The molecule has 0 saturated heterocycles. The van der Waals surface area contributed by atoms with Crippen molar-refractivity contribution in [3.8, 4) is 0 Å². The molecule has 2 aliphatic carbocycles. The van der Waals surface area contributed by atoms with Crippen LogP contribution in [0.2, 0.25) is 0 Å². The monoisotopic (exact) mass is 239 g/mol. The third-order valence-electron chi connectivity index (χ3n) is 4.07. The Hall–Kier alpha value is -1.06. The molecule has 4 nitrogen and oxygen atoms in total. The lowest BCUT2D eigenvalue weighted by molar-refractivity contribution is -0.136. The number of carboxylic acid groups (broad SMARTS) is 1. The van der Waals surface area contributed by atoms with Gasteiger partial charge in [0.2, 0.25) is 5.91 Å². The summed E-state index contributed by atoms with van der Waals surface area (Å²) in [7, 11) is 0. The van der Waals surface area contributed by atoms with Crippen molar-refractivity contribution in [2.24, 2.45) is 17.8 Å². The molecule has 2 fully saturated rings. The number of aliphatic carboxylic acids is 1. The summed E-state index contributed by atoms with van der Waals surface area (Å²) in [5.74, 6) is 0.720. The molecule has 0 aromatic carbocycles. The number of carbonyl (C=O) groups is 2. The fourth-order valence-corrected chi connectivity index (χ4v) is 3.02. The predicted molar refractivity (Wildman–Crippen MR) is 63.4 cm³/mol. The summed E-state index contributed by atoms with van der Waals surface area (Å²) in [4.78, 5) is 22.1. The molecule has 96 valence electrons. The fraction of sp³-hybridized carbons (Fsp3) is 0.846. The van der Waals surface area contributed by atoms with Crippen molar-refractivity contribution in [3.05, 3.63) is 0 Å². The normalized spacial score (nSPS) is 28.7. The maximum absolute atomic E-state index is 11.7. The Morgan fingerprint density at radius 1 is 1.18 bits per heavy atom. The highest BCUT2D eigenvalue weighted by molar-refractivity contribution is 5.82. The summed E-state index contributed by atoms with van der Waals surface area (Å²) in [5, 5.41) is 11.2. The molecular formula is C13H21NO3. The second-order valence-electron chi connectivity index (χ2n) is 5.34. The Morgan fingerprint density at radius 2 is 1.88 bits per heavy atom. The highest BCUT2D eigenvalue weighted by atomic mass is 16.4. The molecule has 0 aliphatic heterocycles. The van der Waals surface area contributed by atoms with Gasteiger partial charge < -0.3 is 10.4 Å². The fourth-order valence-electron chi connectivity index (χ4n) is 3.02. The number of hydrogen-bond donors (Lipinski definition) is 2. The van der Waals surface area contributed by atoms with Crippen molar-refractivity contribution in [2.75, 3.05) is 6.54 Å². The third kappa shape index (κ3) is 3.45. The number of amides is 1. The molecule has 1 amide bonds.